The highest BCUT2D eigenvalue weighted by Crippen LogP contribution is 2.11. The van der Waals surface area contributed by atoms with Crippen molar-refractivity contribution in [3.63, 3.8) is 0 Å². The summed E-state index contributed by atoms with van der Waals surface area (Å²) in [5.41, 5.74) is 7.14. The molecule has 0 amide bonds. The number of rotatable bonds is 0. The highest BCUT2D eigenvalue weighted by Gasteiger charge is 1.95. The second kappa shape index (κ2) is 2.77. The van der Waals surface area contributed by atoms with Gasteiger partial charge in [0.15, 0.2) is 0 Å². The van der Waals surface area contributed by atoms with Gasteiger partial charge in [0.05, 0.1) is 11.6 Å². The van der Waals surface area contributed by atoms with Crippen LogP contribution in [-0.4, -0.2) is 0 Å². The van der Waals surface area contributed by atoms with Gasteiger partial charge in [-0.3, -0.25) is 0 Å². The Labute approximate surface area is 65.3 Å². The van der Waals surface area contributed by atoms with Crippen LogP contribution in [0, 0.1) is 23.7 Å². The Hall–Kier alpha value is -1.93. The molecule has 1 aromatic rings. The summed E-state index contributed by atoms with van der Waals surface area (Å²) >= 11 is 0. The Kier molecular flexibility index (Phi) is 1.81. The molecular formula is C9H6N2. The van der Waals surface area contributed by atoms with Crippen LogP contribution in [0.2, 0.25) is 0 Å². The lowest BCUT2D eigenvalue weighted by Crippen LogP contribution is -1.90. The molecule has 0 bridgehead atoms. The first-order chi connectivity index (χ1) is 5.27. The lowest BCUT2D eigenvalue weighted by atomic mass is 10.1. The zero-order valence-corrected chi connectivity index (χ0v) is 5.83. The summed E-state index contributed by atoms with van der Waals surface area (Å²) in [4.78, 5) is 0. The molecule has 0 spiro atoms. The number of hydrogen-bond donors (Lipinski definition) is 1. The fraction of sp³-hybridized carbons (Fsp3) is 0. The SMILES string of the molecule is C#Cc1cc(C#N)ccc1N. The van der Waals surface area contributed by atoms with Crippen molar-refractivity contribution < 1.29 is 0 Å². The van der Waals surface area contributed by atoms with Gasteiger partial charge in [-0.25, -0.2) is 0 Å². The van der Waals surface area contributed by atoms with E-state index in [-0.39, 0.29) is 0 Å². The molecule has 11 heavy (non-hydrogen) atoms. The van der Waals surface area contributed by atoms with Crippen molar-refractivity contribution in [2.24, 2.45) is 0 Å². The highest BCUT2D eigenvalue weighted by molar-refractivity contribution is 5.58. The second-order valence-electron chi connectivity index (χ2n) is 2.06. The predicted molar refractivity (Wildman–Crippen MR) is 43.5 cm³/mol. The largest absolute Gasteiger partial charge is 0.398 e. The summed E-state index contributed by atoms with van der Waals surface area (Å²) in [5, 5.41) is 8.49. The second-order valence-corrected chi connectivity index (χ2v) is 2.06. The first kappa shape index (κ1) is 7.18. The number of nitriles is 1. The minimum atomic E-state index is 0.534. The highest BCUT2D eigenvalue weighted by atomic mass is 14.5. The van der Waals surface area contributed by atoms with Crippen LogP contribution in [0.3, 0.4) is 0 Å². The van der Waals surface area contributed by atoms with Crippen molar-refractivity contribution in [2.45, 2.75) is 0 Å². The fourth-order valence-corrected chi connectivity index (χ4v) is 0.751. The fourth-order valence-electron chi connectivity index (χ4n) is 0.751. The molecule has 0 aliphatic rings. The van der Waals surface area contributed by atoms with Gasteiger partial charge in [0.25, 0.3) is 0 Å². The molecule has 0 heterocycles. The van der Waals surface area contributed by atoms with Gasteiger partial charge in [0.1, 0.15) is 0 Å². The van der Waals surface area contributed by atoms with E-state index in [9.17, 15) is 0 Å². The smallest absolute Gasteiger partial charge is 0.0992 e. The van der Waals surface area contributed by atoms with Crippen molar-refractivity contribution in [1.29, 1.82) is 5.26 Å². The average Bonchev–Trinajstić information content (AvgIpc) is 2.05. The number of nitrogens with zero attached hydrogens (tertiary/aromatic N) is 1. The Bertz CT molecular complexity index is 353. The number of nitrogen functional groups attached to an aromatic ring is 1. The van der Waals surface area contributed by atoms with E-state index in [1.807, 2.05) is 6.07 Å². The Morgan fingerprint density at radius 1 is 1.45 bits per heavy atom. The summed E-state index contributed by atoms with van der Waals surface area (Å²) in [5.74, 6) is 2.39. The third kappa shape index (κ3) is 1.31. The maximum absolute atomic E-state index is 8.49. The van der Waals surface area contributed by atoms with Gasteiger partial charge in [0.2, 0.25) is 0 Å². The molecule has 2 heteroatoms. The molecular weight excluding hydrogens is 136 g/mol. The van der Waals surface area contributed by atoms with Gasteiger partial charge in [-0.2, -0.15) is 5.26 Å². The monoisotopic (exact) mass is 142 g/mol. The van der Waals surface area contributed by atoms with Crippen LogP contribution in [-0.2, 0) is 0 Å². The van der Waals surface area contributed by atoms with Crippen LogP contribution in [0.1, 0.15) is 11.1 Å². The molecule has 2 nitrogen and oxygen atoms in total. The number of terminal acetylenes is 1. The number of anilines is 1. The summed E-state index contributed by atoms with van der Waals surface area (Å²) in [6.07, 6.45) is 5.13. The van der Waals surface area contributed by atoms with E-state index in [0.717, 1.165) is 0 Å². The van der Waals surface area contributed by atoms with Crippen LogP contribution in [0.5, 0.6) is 0 Å². The van der Waals surface area contributed by atoms with Crippen LogP contribution in [0.15, 0.2) is 18.2 Å². The molecule has 0 radical (unpaired) electrons. The lowest BCUT2D eigenvalue weighted by Gasteiger charge is -1.96. The van der Waals surface area contributed by atoms with Crippen LogP contribution >= 0.6 is 0 Å². The molecule has 1 rings (SSSR count). The first-order valence-corrected chi connectivity index (χ1v) is 3.04. The molecule has 0 aliphatic heterocycles. The van der Waals surface area contributed by atoms with E-state index in [0.29, 0.717) is 16.8 Å². The van der Waals surface area contributed by atoms with Crippen LogP contribution < -0.4 is 5.73 Å². The third-order valence-electron chi connectivity index (χ3n) is 1.34. The summed E-state index contributed by atoms with van der Waals surface area (Å²) in [6.45, 7) is 0. The van der Waals surface area contributed by atoms with Crippen molar-refractivity contribution in [1.82, 2.24) is 0 Å². The topological polar surface area (TPSA) is 49.8 Å². The van der Waals surface area contributed by atoms with Crippen molar-refractivity contribution >= 4 is 5.69 Å². The summed E-state index contributed by atoms with van der Waals surface area (Å²) < 4.78 is 0. The van der Waals surface area contributed by atoms with E-state index in [4.69, 9.17) is 17.4 Å². The molecule has 0 atom stereocenters. The molecule has 0 aromatic heterocycles. The standard InChI is InChI=1S/C9H6N2/c1-2-8-5-7(6-10)3-4-9(8)11/h1,3-5H,11H2. The first-order valence-electron chi connectivity index (χ1n) is 3.04. The van der Waals surface area contributed by atoms with Gasteiger partial charge in [-0.1, -0.05) is 5.92 Å². The normalized spacial score (nSPS) is 8.18. The van der Waals surface area contributed by atoms with Crippen LogP contribution in [0.25, 0.3) is 0 Å². The van der Waals surface area contributed by atoms with E-state index in [1.54, 1.807) is 18.2 Å². The molecule has 2 N–H and O–H groups in total. The van der Waals surface area contributed by atoms with Crippen molar-refractivity contribution in [2.75, 3.05) is 5.73 Å². The molecule has 0 aliphatic carbocycles. The summed E-state index contributed by atoms with van der Waals surface area (Å²) in [7, 11) is 0. The lowest BCUT2D eigenvalue weighted by molar-refractivity contribution is 1.48. The number of hydrogen-bond acceptors (Lipinski definition) is 2. The molecule has 0 saturated heterocycles. The minimum absolute atomic E-state index is 0.534. The van der Waals surface area contributed by atoms with E-state index < -0.39 is 0 Å². The Morgan fingerprint density at radius 2 is 2.18 bits per heavy atom. The molecule has 1 aromatic carbocycles. The molecule has 0 unspecified atom stereocenters. The van der Waals surface area contributed by atoms with Gasteiger partial charge in [0, 0.05) is 11.3 Å². The minimum Gasteiger partial charge on any atom is -0.398 e. The summed E-state index contributed by atoms with van der Waals surface area (Å²) in [6, 6.07) is 6.84. The molecule has 52 valence electrons. The predicted octanol–water partition coefficient (Wildman–Crippen LogP) is 1.12. The van der Waals surface area contributed by atoms with E-state index in [1.165, 1.54) is 0 Å². The zero-order valence-electron chi connectivity index (χ0n) is 5.83. The number of nitrogens with two attached hydrogens (primary N) is 1. The van der Waals surface area contributed by atoms with Crippen molar-refractivity contribution in [3.8, 4) is 18.4 Å². The van der Waals surface area contributed by atoms with E-state index >= 15 is 0 Å². The zero-order chi connectivity index (χ0) is 8.27. The Balaban J connectivity index is 3.29. The number of benzene rings is 1. The quantitative estimate of drug-likeness (QED) is 0.436. The van der Waals surface area contributed by atoms with Gasteiger partial charge < -0.3 is 5.73 Å². The average molecular weight is 142 g/mol. The van der Waals surface area contributed by atoms with Gasteiger partial charge >= 0.3 is 0 Å². The molecule has 0 fully saturated rings. The maximum atomic E-state index is 8.49. The third-order valence-corrected chi connectivity index (χ3v) is 1.34. The van der Waals surface area contributed by atoms with Crippen LogP contribution in [0.4, 0.5) is 5.69 Å². The van der Waals surface area contributed by atoms with Crippen molar-refractivity contribution in [3.05, 3.63) is 29.3 Å². The van der Waals surface area contributed by atoms with Gasteiger partial charge in [-0.15, -0.1) is 6.42 Å². The Morgan fingerprint density at radius 3 is 2.73 bits per heavy atom. The van der Waals surface area contributed by atoms with Gasteiger partial charge in [-0.05, 0) is 18.2 Å². The van der Waals surface area contributed by atoms with E-state index in [2.05, 4.69) is 5.92 Å². The maximum Gasteiger partial charge on any atom is 0.0992 e. The molecule has 0 saturated carbocycles.